The highest BCUT2D eigenvalue weighted by Crippen LogP contribution is 2.36. The smallest absolute Gasteiger partial charge is 0.346 e. The molecule has 4 aromatic rings. The van der Waals surface area contributed by atoms with Gasteiger partial charge in [0.25, 0.3) is 0 Å². The second kappa shape index (κ2) is 8.09. The summed E-state index contributed by atoms with van der Waals surface area (Å²) in [6.45, 7) is 6.16. The van der Waals surface area contributed by atoms with Crippen molar-refractivity contribution in [3.63, 3.8) is 0 Å². The minimum atomic E-state index is -0.332. The quantitative estimate of drug-likeness (QED) is 0.361. The molecule has 1 N–H and O–H groups in total. The summed E-state index contributed by atoms with van der Waals surface area (Å²) < 4.78 is 7.29. The van der Waals surface area contributed by atoms with E-state index in [0.717, 1.165) is 40.1 Å². The van der Waals surface area contributed by atoms with Crippen LogP contribution >= 0.6 is 11.6 Å². The number of nitrogens with zero attached hydrogens (tertiary/aromatic N) is 2. The molecule has 0 aliphatic carbocycles. The van der Waals surface area contributed by atoms with Crippen molar-refractivity contribution in [1.82, 2.24) is 9.78 Å². The van der Waals surface area contributed by atoms with Gasteiger partial charge in [0.2, 0.25) is 0 Å². The number of carbonyl (C=O) groups excluding carboxylic acids is 1. The molecule has 2 heterocycles. The molecular weight excluding hydrogens is 434 g/mol. The molecule has 0 spiro atoms. The number of halogens is 1. The number of aryl methyl sites for hydroxylation is 1. The summed E-state index contributed by atoms with van der Waals surface area (Å²) in [5.74, 6) is 0.865. The number of amides is 1. The van der Waals surface area contributed by atoms with Crippen LogP contribution in [-0.4, -0.2) is 21.4 Å². The van der Waals surface area contributed by atoms with Crippen molar-refractivity contribution in [2.24, 2.45) is 0 Å². The monoisotopic (exact) mass is 457 g/mol. The standard InChI is InChI=1S/C27H24ClN3O2/c1-17-4-6-18(7-5-17)23-16-31(30-25(23)19-8-10-21(28)11-9-19)26(32)29-22-12-13-24-20(14-22)15-27(2,3)33-24/h4-14,16H,15H2,1-3H3,(H,29,32). The van der Waals surface area contributed by atoms with Gasteiger partial charge in [0.1, 0.15) is 17.0 Å². The zero-order valence-corrected chi connectivity index (χ0v) is 19.5. The van der Waals surface area contributed by atoms with Gasteiger partial charge in [-0.15, -0.1) is 0 Å². The minimum absolute atomic E-state index is 0.233. The van der Waals surface area contributed by atoms with Crippen LogP contribution in [0.5, 0.6) is 5.75 Å². The minimum Gasteiger partial charge on any atom is -0.487 e. The molecule has 3 aromatic carbocycles. The lowest BCUT2D eigenvalue weighted by Gasteiger charge is -2.16. The van der Waals surface area contributed by atoms with Gasteiger partial charge in [-0.25, -0.2) is 4.79 Å². The first kappa shape index (κ1) is 21.3. The fourth-order valence-corrected chi connectivity index (χ4v) is 4.24. The van der Waals surface area contributed by atoms with E-state index in [1.54, 1.807) is 6.20 Å². The first-order valence-electron chi connectivity index (χ1n) is 10.8. The van der Waals surface area contributed by atoms with Crippen molar-refractivity contribution in [1.29, 1.82) is 0 Å². The summed E-state index contributed by atoms with van der Waals surface area (Å²) in [7, 11) is 0. The Bertz CT molecular complexity index is 1280. The molecule has 6 heteroatoms. The molecule has 5 nitrogen and oxygen atoms in total. The van der Waals surface area contributed by atoms with Crippen LogP contribution < -0.4 is 10.1 Å². The number of fused-ring (bicyclic) bond motifs is 1. The summed E-state index contributed by atoms with van der Waals surface area (Å²) in [6.07, 6.45) is 2.57. The van der Waals surface area contributed by atoms with Gasteiger partial charge in [0.05, 0.1) is 0 Å². The van der Waals surface area contributed by atoms with E-state index >= 15 is 0 Å². The van der Waals surface area contributed by atoms with Crippen LogP contribution in [0.15, 0.2) is 72.9 Å². The van der Waals surface area contributed by atoms with Crippen LogP contribution in [0, 0.1) is 6.92 Å². The fraction of sp³-hybridized carbons (Fsp3) is 0.185. The van der Waals surface area contributed by atoms with E-state index < -0.39 is 0 Å². The number of benzene rings is 3. The van der Waals surface area contributed by atoms with Gasteiger partial charge >= 0.3 is 6.03 Å². The number of aromatic nitrogens is 2. The molecule has 0 unspecified atom stereocenters. The van der Waals surface area contributed by atoms with Gasteiger partial charge in [0.15, 0.2) is 0 Å². The van der Waals surface area contributed by atoms with Crippen molar-refractivity contribution >= 4 is 23.3 Å². The van der Waals surface area contributed by atoms with E-state index in [2.05, 4.69) is 24.3 Å². The number of ether oxygens (including phenoxy) is 1. The average Bonchev–Trinajstić information content (AvgIpc) is 3.34. The number of anilines is 1. The molecular formula is C27H24ClN3O2. The predicted molar refractivity (Wildman–Crippen MR) is 132 cm³/mol. The third kappa shape index (κ3) is 4.37. The summed E-state index contributed by atoms with van der Waals surface area (Å²) in [4.78, 5) is 13.1. The Hall–Kier alpha value is -3.57. The second-order valence-electron chi connectivity index (χ2n) is 9.00. The Morgan fingerprint density at radius 2 is 1.73 bits per heavy atom. The van der Waals surface area contributed by atoms with E-state index in [-0.39, 0.29) is 11.6 Å². The molecule has 0 atom stereocenters. The van der Waals surface area contributed by atoms with Crippen LogP contribution in [0.25, 0.3) is 22.4 Å². The fourth-order valence-electron chi connectivity index (χ4n) is 4.11. The predicted octanol–water partition coefficient (Wildman–Crippen LogP) is 6.97. The maximum Gasteiger partial charge on any atom is 0.346 e. The van der Waals surface area contributed by atoms with E-state index in [1.807, 2.05) is 73.7 Å². The first-order valence-corrected chi connectivity index (χ1v) is 11.2. The molecule has 1 aliphatic rings. The zero-order chi connectivity index (χ0) is 23.2. The highest BCUT2D eigenvalue weighted by atomic mass is 35.5. The summed E-state index contributed by atoms with van der Waals surface area (Å²) in [5.41, 5.74) is 6.19. The van der Waals surface area contributed by atoms with Gasteiger partial charge in [-0.05, 0) is 56.7 Å². The molecule has 1 aromatic heterocycles. The molecule has 1 amide bonds. The number of hydrogen-bond donors (Lipinski definition) is 1. The highest BCUT2D eigenvalue weighted by molar-refractivity contribution is 6.30. The van der Waals surface area contributed by atoms with Gasteiger partial charge < -0.3 is 10.1 Å². The molecule has 0 saturated carbocycles. The number of hydrogen-bond acceptors (Lipinski definition) is 3. The summed E-state index contributed by atoms with van der Waals surface area (Å²) >= 11 is 6.08. The lowest BCUT2D eigenvalue weighted by molar-refractivity contribution is 0.138. The van der Waals surface area contributed by atoms with Crippen molar-refractivity contribution in [3.05, 3.63) is 89.1 Å². The van der Waals surface area contributed by atoms with Crippen molar-refractivity contribution in [2.45, 2.75) is 32.8 Å². The van der Waals surface area contributed by atoms with Crippen LogP contribution in [0.1, 0.15) is 25.0 Å². The van der Waals surface area contributed by atoms with E-state index in [1.165, 1.54) is 10.2 Å². The molecule has 1 aliphatic heterocycles. The average molecular weight is 458 g/mol. The number of carbonyl (C=O) groups is 1. The van der Waals surface area contributed by atoms with Crippen LogP contribution in [-0.2, 0) is 6.42 Å². The van der Waals surface area contributed by atoms with Gasteiger partial charge in [-0.3, -0.25) is 0 Å². The molecule has 5 rings (SSSR count). The van der Waals surface area contributed by atoms with Crippen LogP contribution in [0.2, 0.25) is 5.02 Å². The van der Waals surface area contributed by atoms with Gasteiger partial charge in [-0.2, -0.15) is 9.78 Å². The van der Waals surface area contributed by atoms with Crippen LogP contribution in [0.3, 0.4) is 0 Å². The lowest BCUT2D eigenvalue weighted by Crippen LogP contribution is -2.24. The van der Waals surface area contributed by atoms with E-state index in [0.29, 0.717) is 10.7 Å². The van der Waals surface area contributed by atoms with Gasteiger partial charge in [0, 0.05) is 40.0 Å². The third-order valence-corrected chi connectivity index (χ3v) is 5.97. The highest BCUT2D eigenvalue weighted by Gasteiger charge is 2.30. The first-order chi connectivity index (χ1) is 15.8. The van der Waals surface area contributed by atoms with Crippen molar-refractivity contribution in [2.75, 3.05) is 5.32 Å². The number of nitrogens with one attached hydrogen (secondary N) is 1. The van der Waals surface area contributed by atoms with Gasteiger partial charge in [-0.1, -0.05) is 53.6 Å². The lowest BCUT2D eigenvalue weighted by atomic mass is 10.0. The zero-order valence-electron chi connectivity index (χ0n) is 18.7. The van der Waals surface area contributed by atoms with Crippen LogP contribution in [0.4, 0.5) is 10.5 Å². The topological polar surface area (TPSA) is 56.2 Å². The second-order valence-corrected chi connectivity index (χ2v) is 9.44. The molecule has 33 heavy (non-hydrogen) atoms. The molecule has 166 valence electrons. The Kier molecular flexibility index (Phi) is 5.22. The Labute approximate surface area is 198 Å². The van der Waals surface area contributed by atoms with E-state index in [4.69, 9.17) is 16.3 Å². The molecule has 0 bridgehead atoms. The molecule has 0 radical (unpaired) electrons. The Balaban J connectivity index is 1.48. The van der Waals surface area contributed by atoms with Crippen molar-refractivity contribution in [3.8, 4) is 28.1 Å². The van der Waals surface area contributed by atoms with Crippen molar-refractivity contribution < 1.29 is 9.53 Å². The summed E-state index contributed by atoms with van der Waals surface area (Å²) in [5, 5.41) is 8.25. The maximum absolute atomic E-state index is 13.1. The Morgan fingerprint density at radius 1 is 1.03 bits per heavy atom. The van der Waals surface area contributed by atoms with E-state index in [9.17, 15) is 4.79 Å². The number of rotatable bonds is 3. The SMILES string of the molecule is Cc1ccc(-c2cn(C(=O)Nc3ccc4c(c3)CC(C)(C)O4)nc2-c2ccc(Cl)cc2)cc1. The Morgan fingerprint density at radius 3 is 2.45 bits per heavy atom. The molecule has 0 fully saturated rings. The largest absolute Gasteiger partial charge is 0.487 e. The maximum atomic E-state index is 13.1. The molecule has 0 saturated heterocycles. The third-order valence-electron chi connectivity index (χ3n) is 5.72. The summed E-state index contributed by atoms with van der Waals surface area (Å²) in [6, 6.07) is 21.0. The normalized spacial score (nSPS) is 13.9.